The van der Waals surface area contributed by atoms with E-state index in [1.54, 1.807) is 24.3 Å². The van der Waals surface area contributed by atoms with Gasteiger partial charge in [0.05, 0.1) is 19.9 Å². The van der Waals surface area contributed by atoms with Crippen LogP contribution in [0.1, 0.15) is 6.42 Å². The second kappa shape index (κ2) is 6.51. The van der Waals surface area contributed by atoms with Crippen molar-refractivity contribution in [3.05, 3.63) is 36.5 Å². The summed E-state index contributed by atoms with van der Waals surface area (Å²) in [5, 5.41) is 3.07. The number of benzene rings is 1. The largest absolute Gasteiger partial charge is 0.495 e. The third kappa shape index (κ3) is 3.03. The van der Waals surface area contributed by atoms with Crippen LogP contribution >= 0.6 is 0 Å². The number of ether oxygens (including phenoxy) is 2. The molecule has 0 bridgehead atoms. The number of methoxy groups -OCH3 is 2. The van der Waals surface area contributed by atoms with Crippen molar-refractivity contribution in [3.63, 3.8) is 0 Å². The zero-order chi connectivity index (χ0) is 16.2. The molecular weight excluding hydrogens is 296 g/mol. The molecule has 1 fully saturated rings. The van der Waals surface area contributed by atoms with Crippen LogP contribution in [-0.2, 0) is 4.79 Å². The Morgan fingerprint density at radius 2 is 2.04 bits per heavy atom. The highest BCUT2D eigenvalue weighted by atomic mass is 16.5. The predicted octanol–water partition coefficient (Wildman–Crippen LogP) is 1.71. The molecule has 1 aromatic heterocycles. The summed E-state index contributed by atoms with van der Waals surface area (Å²) in [6.07, 6.45) is 2.25. The second-order valence-electron chi connectivity index (χ2n) is 5.07. The van der Waals surface area contributed by atoms with Gasteiger partial charge >= 0.3 is 0 Å². The van der Waals surface area contributed by atoms with E-state index in [2.05, 4.69) is 15.3 Å². The maximum Gasteiger partial charge on any atom is 0.249 e. The van der Waals surface area contributed by atoms with E-state index < -0.39 is 0 Å². The number of hydrogen-bond acceptors (Lipinski definition) is 6. The third-order valence-corrected chi connectivity index (χ3v) is 3.72. The summed E-state index contributed by atoms with van der Waals surface area (Å²) in [5.41, 5.74) is 0.774. The van der Waals surface area contributed by atoms with E-state index in [1.807, 2.05) is 24.3 Å². The molecule has 1 atom stereocenters. The third-order valence-electron chi connectivity index (χ3n) is 3.72. The highest BCUT2D eigenvalue weighted by Gasteiger charge is 2.34. The summed E-state index contributed by atoms with van der Waals surface area (Å²) >= 11 is 0. The monoisotopic (exact) mass is 314 g/mol. The minimum absolute atomic E-state index is 0.0269. The van der Waals surface area contributed by atoms with Gasteiger partial charge in [0, 0.05) is 18.8 Å². The van der Waals surface area contributed by atoms with Gasteiger partial charge in [-0.15, -0.1) is 0 Å². The van der Waals surface area contributed by atoms with Gasteiger partial charge < -0.3 is 19.7 Å². The molecule has 1 aliphatic rings. The van der Waals surface area contributed by atoms with Crippen molar-refractivity contribution in [2.75, 3.05) is 31.0 Å². The lowest BCUT2D eigenvalue weighted by Gasteiger charge is -2.19. The van der Waals surface area contributed by atoms with Gasteiger partial charge in [-0.2, -0.15) is 4.98 Å². The minimum atomic E-state index is -0.369. The molecule has 7 nitrogen and oxygen atoms in total. The van der Waals surface area contributed by atoms with Gasteiger partial charge in [0.15, 0.2) is 0 Å². The summed E-state index contributed by atoms with van der Waals surface area (Å²) in [5.74, 6) is 1.49. The maximum atomic E-state index is 12.7. The van der Waals surface area contributed by atoms with Gasteiger partial charge in [-0.3, -0.25) is 4.79 Å². The average molecular weight is 314 g/mol. The minimum Gasteiger partial charge on any atom is -0.495 e. The van der Waals surface area contributed by atoms with Crippen molar-refractivity contribution in [1.29, 1.82) is 0 Å². The molecule has 1 amide bonds. The number of para-hydroxylation sites is 2. The topological polar surface area (TPSA) is 76.6 Å². The SMILES string of the molecule is COc1ccnc(NC2CCN(c3ccccc3OC)C2=O)n1. The summed E-state index contributed by atoms with van der Waals surface area (Å²) < 4.78 is 10.4. The van der Waals surface area contributed by atoms with Crippen LogP contribution in [0, 0.1) is 0 Å². The molecule has 3 rings (SSSR count). The lowest BCUT2D eigenvalue weighted by atomic mass is 10.2. The number of carbonyl (C=O) groups is 1. The van der Waals surface area contributed by atoms with E-state index in [0.29, 0.717) is 30.5 Å². The number of carbonyl (C=O) groups excluding carboxylic acids is 1. The number of nitrogens with one attached hydrogen (secondary N) is 1. The number of rotatable bonds is 5. The van der Waals surface area contributed by atoms with Crippen molar-refractivity contribution < 1.29 is 14.3 Å². The van der Waals surface area contributed by atoms with E-state index in [4.69, 9.17) is 9.47 Å². The molecule has 2 aromatic rings. The molecule has 2 heterocycles. The van der Waals surface area contributed by atoms with Crippen molar-refractivity contribution in [1.82, 2.24) is 9.97 Å². The van der Waals surface area contributed by atoms with E-state index in [9.17, 15) is 4.79 Å². The van der Waals surface area contributed by atoms with Crippen molar-refractivity contribution in [2.45, 2.75) is 12.5 Å². The average Bonchev–Trinajstić information content (AvgIpc) is 2.95. The smallest absolute Gasteiger partial charge is 0.249 e. The molecule has 23 heavy (non-hydrogen) atoms. The first-order chi connectivity index (χ1) is 11.2. The Labute approximate surface area is 134 Å². The molecule has 1 saturated heterocycles. The molecule has 120 valence electrons. The van der Waals surface area contributed by atoms with Crippen LogP contribution in [0.15, 0.2) is 36.5 Å². The Balaban J connectivity index is 1.76. The first kappa shape index (κ1) is 15.1. The first-order valence-electron chi connectivity index (χ1n) is 7.31. The first-order valence-corrected chi connectivity index (χ1v) is 7.31. The Morgan fingerprint density at radius 3 is 2.83 bits per heavy atom. The molecule has 1 aromatic carbocycles. The molecule has 1 aliphatic heterocycles. The normalized spacial score (nSPS) is 17.2. The van der Waals surface area contributed by atoms with Crippen LogP contribution in [-0.4, -0.2) is 42.7 Å². The zero-order valence-electron chi connectivity index (χ0n) is 13.0. The van der Waals surface area contributed by atoms with Gasteiger partial charge in [-0.05, 0) is 18.6 Å². The van der Waals surface area contributed by atoms with Crippen LogP contribution in [0.2, 0.25) is 0 Å². The van der Waals surface area contributed by atoms with Gasteiger partial charge in [-0.25, -0.2) is 4.98 Å². The van der Waals surface area contributed by atoms with Crippen LogP contribution < -0.4 is 19.7 Å². The lowest BCUT2D eigenvalue weighted by molar-refractivity contribution is -0.117. The summed E-state index contributed by atoms with van der Waals surface area (Å²) in [7, 11) is 3.13. The van der Waals surface area contributed by atoms with Crippen molar-refractivity contribution >= 4 is 17.5 Å². The molecule has 7 heteroatoms. The molecule has 0 spiro atoms. The number of hydrogen-bond donors (Lipinski definition) is 1. The van der Waals surface area contributed by atoms with Crippen LogP contribution in [0.25, 0.3) is 0 Å². The Bertz CT molecular complexity index is 707. The molecule has 0 saturated carbocycles. The van der Waals surface area contributed by atoms with Crippen molar-refractivity contribution in [3.8, 4) is 11.6 Å². The van der Waals surface area contributed by atoms with E-state index in [0.717, 1.165) is 5.69 Å². The lowest BCUT2D eigenvalue weighted by Crippen LogP contribution is -2.34. The van der Waals surface area contributed by atoms with Crippen LogP contribution in [0.3, 0.4) is 0 Å². The van der Waals surface area contributed by atoms with Gasteiger partial charge in [0.1, 0.15) is 11.8 Å². The van der Waals surface area contributed by atoms with E-state index in [1.165, 1.54) is 7.11 Å². The van der Waals surface area contributed by atoms with Crippen LogP contribution in [0.4, 0.5) is 11.6 Å². The highest BCUT2D eigenvalue weighted by molar-refractivity contribution is 6.01. The number of aromatic nitrogens is 2. The number of nitrogens with zero attached hydrogens (tertiary/aromatic N) is 3. The number of amides is 1. The molecule has 1 N–H and O–H groups in total. The highest BCUT2D eigenvalue weighted by Crippen LogP contribution is 2.31. The molecule has 1 unspecified atom stereocenters. The fourth-order valence-corrected chi connectivity index (χ4v) is 2.59. The molecule has 0 radical (unpaired) electrons. The Morgan fingerprint density at radius 1 is 1.22 bits per heavy atom. The molecule has 0 aliphatic carbocycles. The summed E-state index contributed by atoms with van der Waals surface area (Å²) in [4.78, 5) is 22.7. The standard InChI is InChI=1S/C16H18N4O3/c1-22-13-6-4-3-5-12(13)20-10-8-11(15(20)21)18-16-17-9-7-14(19-16)23-2/h3-7,9,11H,8,10H2,1-2H3,(H,17,18,19). The Kier molecular flexibility index (Phi) is 4.27. The van der Waals surface area contributed by atoms with Gasteiger partial charge in [-0.1, -0.05) is 12.1 Å². The van der Waals surface area contributed by atoms with Gasteiger partial charge in [0.2, 0.25) is 17.7 Å². The fourth-order valence-electron chi connectivity index (χ4n) is 2.59. The van der Waals surface area contributed by atoms with E-state index >= 15 is 0 Å². The van der Waals surface area contributed by atoms with E-state index in [-0.39, 0.29) is 11.9 Å². The second-order valence-corrected chi connectivity index (χ2v) is 5.07. The van der Waals surface area contributed by atoms with Crippen LogP contribution in [0.5, 0.6) is 11.6 Å². The number of anilines is 2. The fraction of sp³-hybridized carbons (Fsp3) is 0.312. The molecular formula is C16H18N4O3. The predicted molar refractivity (Wildman–Crippen MR) is 86.0 cm³/mol. The Hall–Kier alpha value is -2.83. The summed E-state index contributed by atoms with van der Waals surface area (Å²) in [6, 6.07) is 8.77. The summed E-state index contributed by atoms with van der Waals surface area (Å²) in [6.45, 7) is 0.612. The zero-order valence-corrected chi connectivity index (χ0v) is 13.0. The quantitative estimate of drug-likeness (QED) is 0.905. The van der Waals surface area contributed by atoms with Crippen molar-refractivity contribution in [2.24, 2.45) is 0 Å². The van der Waals surface area contributed by atoms with Gasteiger partial charge in [0.25, 0.3) is 0 Å². The maximum absolute atomic E-state index is 12.7.